The molecule has 1 fully saturated rings. The Morgan fingerprint density at radius 2 is 1.97 bits per heavy atom. The number of imidazole rings is 1. The standard InChI is InChI=1S/C24H26N4O3.CH4O3S/c1-3-31-22-11-17-18-10-16(29)5-6-20(18)27-24(19(17)12-21(22)30-2)15-4-7-23(26-13-15)28-9-8-25-14-28;1-5(2,3)4/h4,7-9,11-14,16,18,20,29H,3,5-6,10H2,1-2H3;1H3,(H,2,3,4)/t16-,18-,20-;/m1./s1. The van der Waals surface area contributed by atoms with E-state index in [1.807, 2.05) is 42.1 Å². The smallest absolute Gasteiger partial charge is 0.261 e. The molecule has 1 aromatic carbocycles. The van der Waals surface area contributed by atoms with Crippen LogP contribution in [0.2, 0.25) is 0 Å². The number of aliphatic hydroxyl groups is 1. The average Bonchev–Trinajstić information content (AvgIpc) is 3.38. The highest BCUT2D eigenvalue weighted by Gasteiger charge is 2.37. The van der Waals surface area contributed by atoms with Crippen LogP contribution in [0.4, 0.5) is 0 Å². The number of nitrogens with zero attached hydrogens (tertiary/aromatic N) is 4. The maximum Gasteiger partial charge on any atom is 0.261 e. The van der Waals surface area contributed by atoms with Crippen molar-refractivity contribution in [1.29, 1.82) is 0 Å². The second kappa shape index (κ2) is 10.8. The first-order valence-electron chi connectivity index (χ1n) is 11.7. The normalized spacial score (nSPS) is 20.8. The van der Waals surface area contributed by atoms with Crippen molar-refractivity contribution in [1.82, 2.24) is 14.5 Å². The number of hydrogen-bond donors (Lipinski definition) is 2. The van der Waals surface area contributed by atoms with E-state index in [1.165, 1.54) is 0 Å². The maximum absolute atomic E-state index is 10.3. The molecule has 2 N–H and O–H groups in total. The van der Waals surface area contributed by atoms with Gasteiger partial charge in [0, 0.05) is 35.6 Å². The number of aliphatic imine (C=N–C) groups is 1. The third-order valence-corrected chi connectivity index (χ3v) is 6.16. The minimum Gasteiger partial charge on any atom is -0.493 e. The van der Waals surface area contributed by atoms with E-state index in [2.05, 4.69) is 16.0 Å². The third kappa shape index (κ3) is 5.92. The molecule has 0 amide bonds. The molecular weight excluding hydrogens is 484 g/mol. The zero-order valence-electron chi connectivity index (χ0n) is 20.4. The molecular formula is C25H30N4O6S. The summed E-state index contributed by atoms with van der Waals surface area (Å²) < 4.78 is 39.2. The van der Waals surface area contributed by atoms with E-state index in [0.29, 0.717) is 25.0 Å². The molecule has 2 aliphatic rings. The summed E-state index contributed by atoms with van der Waals surface area (Å²) in [6.45, 7) is 2.53. The molecule has 3 atom stereocenters. The van der Waals surface area contributed by atoms with E-state index in [1.54, 1.807) is 19.6 Å². The van der Waals surface area contributed by atoms with Gasteiger partial charge in [0.2, 0.25) is 0 Å². The van der Waals surface area contributed by atoms with Gasteiger partial charge in [-0.25, -0.2) is 9.97 Å². The predicted octanol–water partition coefficient (Wildman–Crippen LogP) is 3.03. The lowest BCUT2D eigenvalue weighted by atomic mass is 9.74. The van der Waals surface area contributed by atoms with E-state index in [4.69, 9.17) is 19.0 Å². The molecule has 0 spiro atoms. The second-order valence-corrected chi connectivity index (χ2v) is 10.2. The van der Waals surface area contributed by atoms with Crippen molar-refractivity contribution >= 4 is 15.8 Å². The molecule has 10 nitrogen and oxygen atoms in total. The molecule has 0 radical (unpaired) electrons. The molecule has 192 valence electrons. The van der Waals surface area contributed by atoms with Crippen LogP contribution in [0.25, 0.3) is 5.82 Å². The summed E-state index contributed by atoms with van der Waals surface area (Å²) >= 11 is 0. The molecule has 1 aliphatic heterocycles. The summed E-state index contributed by atoms with van der Waals surface area (Å²) in [5.41, 5.74) is 4.06. The van der Waals surface area contributed by atoms with Crippen molar-refractivity contribution in [3.63, 3.8) is 0 Å². The van der Waals surface area contributed by atoms with E-state index in [-0.39, 0.29) is 18.1 Å². The van der Waals surface area contributed by atoms with E-state index >= 15 is 0 Å². The molecule has 2 aromatic heterocycles. The van der Waals surface area contributed by atoms with Crippen molar-refractivity contribution in [3.8, 4) is 17.3 Å². The van der Waals surface area contributed by atoms with Gasteiger partial charge in [0.15, 0.2) is 11.5 Å². The molecule has 5 rings (SSSR count). The lowest BCUT2D eigenvalue weighted by Crippen LogP contribution is -2.34. The maximum atomic E-state index is 10.3. The van der Waals surface area contributed by atoms with Crippen LogP contribution < -0.4 is 9.47 Å². The van der Waals surface area contributed by atoms with Crippen molar-refractivity contribution < 1.29 is 27.6 Å². The van der Waals surface area contributed by atoms with Crippen LogP contribution in [0.1, 0.15) is 48.8 Å². The van der Waals surface area contributed by atoms with Crippen LogP contribution >= 0.6 is 0 Å². The first-order chi connectivity index (χ1) is 17.2. The molecule has 0 saturated heterocycles. The molecule has 3 heterocycles. The molecule has 1 aliphatic carbocycles. The number of methoxy groups -OCH3 is 1. The number of fused-ring (bicyclic) bond motifs is 3. The number of aromatic nitrogens is 3. The van der Waals surface area contributed by atoms with Gasteiger partial charge in [-0.2, -0.15) is 8.42 Å². The van der Waals surface area contributed by atoms with Crippen LogP contribution in [0.15, 0.2) is 54.2 Å². The van der Waals surface area contributed by atoms with E-state index < -0.39 is 10.1 Å². The minimum atomic E-state index is -3.67. The third-order valence-electron chi connectivity index (χ3n) is 6.16. The van der Waals surface area contributed by atoms with Gasteiger partial charge in [0.1, 0.15) is 12.1 Å². The molecule has 36 heavy (non-hydrogen) atoms. The Bertz CT molecular complexity index is 1320. The topological polar surface area (TPSA) is 136 Å². The molecule has 1 saturated carbocycles. The van der Waals surface area contributed by atoms with Crippen LogP contribution in [-0.4, -0.2) is 70.4 Å². The average molecular weight is 515 g/mol. The highest BCUT2D eigenvalue weighted by molar-refractivity contribution is 7.85. The number of rotatable bonds is 5. The van der Waals surface area contributed by atoms with Crippen LogP contribution in [-0.2, 0) is 10.1 Å². The number of benzene rings is 1. The molecule has 0 unspecified atom stereocenters. The first kappa shape index (κ1) is 25.8. The Morgan fingerprint density at radius 3 is 2.58 bits per heavy atom. The number of pyridine rings is 1. The Kier molecular flexibility index (Phi) is 7.72. The van der Waals surface area contributed by atoms with Gasteiger partial charge in [-0.3, -0.25) is 14.1 Å². The number of ether oxygens (including phenoxy) is 2. The monoisotopic (exact) mass is 514 g/mol. The number of aliphatic hydroxyl groups excluding tert-OH is 1. The summed E-state index contributed by atoms with van der Waals surface area (Å²) in [7, 11) is -2.02. The fraction of sp³-hybridized carbons (Fsp3) is 0.400. The van der Waals surface area contributed by atoms with Gasteiger partial charge in [0.25, 0.3) is 10.1 Å². The minimum absolute atomic E-state index is 0.141. The highest BCUT2D eigenvalue weighted by Crippen LogP contribution is 2.44. The summed E-state index contributed by atoms with van der Waals surface area (Å²) in [5, 5.41) is 10.3. The van der Waals surface area contributed by atoms with Gasteiger partial charge in [-0.1, -0.05) is 0 Å². The quantitative estimate of drug-likeness (QED) is 0.496. The van der Waals surface area contributed by atoms with Crippen molar-refractivity contribution in [2.45, 2.75) is 44.2 Å². The lowest BCUT2D eigenvalue weighted by Gasteiger charge is -2.37. The Hall–Kier alpha value is -3.28. The zero-order chi connectivity index (χ0) is 25.9. The molecule has 11 heteroatoms. The lowest BCUT2D eigenvalue weighted by molar-refractivity contribution is 0.111. The van der Waals surface area contributed by atoms with E-state index in [9.17, 15) is 13.5 Å². The Morgan fingerprint density at radius 1 is 1.19 bits per heavy atom. The molecule has 0 bridgehead atoms. The second-order valence-electron chi connectivity index (χ2n) is 8.75. The predicted molar refractivity (Wildman–Crippen MR) is 135 cm³/mol. The van der Waals surface area contributed by atoms with Gasteiger partial charge in [-0.15, -0.1) is 0 Å². The van der Waals surface area contributed by atoms with Gasteiger partial charge < -0.3 is 14.6 Å². The Labute approximate surface area is 210 Å². The summed E-state index contributed by atoms with van der Waals surface area (Å²) in [6.07, 6.45) is 9.97. The SMILES string of the molecule is CCOc1cc2c(cc1OC)C(c1ccc(-n3ccnc3)nc1)=N[C@@H]1CC[C@@H](O)C[C@H]21.CS(=O)(=O)O. The highest BCUT2D eigenvalue weighted by atomic mass is 32.2. The van der Waals surface area contributed by atoms with Crippen molar-refractivity contribution in [2.75, 3.05) is 20.0 Å². The van der Waals surface area contributed by atoms with Gasteiger partial charge in [-0.05, 0) is 56.0 Å². The number of hydrogen-bond acceptors (Lipinski definition) is 8. The zero-order valence-corrected chi connectivity index (χ0v) is 21.2. The van der Waals surface area contributed by atoms with Gasteiger partial charge in [0.05, 0.1) is 37.8 Å². The van der Waals surface area contributed by atoms with E-state index in [0.717, 1.165) is 46.8 Å². The van der Waals surface area contributed by atoms with Crippen LogP contribution in [0.3, 0.4) is 0 Å². The molecule has 3 aromatic rings. The summed E-state index contributed by atoms with van der Waals surface area (Å²) in [6, 6.07) is 8.25. The fourth-order valence-electron chi connectivity index (χ4n) is 4.68. The van der Waals surface area contributed by atoms with Crippen molar-refractivity contribution in [3.05, 3.63) is 65.9 Å². The van der Waals surface area contributed by atoms with Gasteiger partial charge >= 0.3 is 0 Å². The fourth-order valence-corrected chi connectivity index (χ4v) is 4.68. The van der Waals surface area contributed by atoms with Crippen molar-refractivity contribution in [2.24, 2.45) is 4.99 Å². The van der Waals surface area contributed by atoms with Crippen LogP contribution in [0, 0.1) is 0 Å². The first-order valence-corrected chi connectivity index (χ1v) is 13.5. The largest absolute Gasteiger partial charge is 0.493 e. The summed E-state index contributed by atoms with van der Waals surface area (Å²) in [5.74, 6) is 2.40. The summed E-state index contributed by atoms with van der Waals surface area (Å²) in [4.78, 5) is 13.9. The van der Waals surface area contributed by atoms with Crippen LogP contribution in [0.5, 0.6) is 11.5 Å². The Balaban J connectivity index is 0.000000556.